The van der Waals surface area contributed by atoms with E-state index in [9.17, 15) is 27.6 Å². The van der Waals surface area contributed by atoms with Crippen LogP contribution in [0.2, 0.25) is 0 Å². The van der Waals surface area contributed by atoms with Gasteiger partial charge >= 0.3 is 18.1 Å². The van der Waals surface area contributed by atoms with Crippen LogP contribution < -0.4 is 22.4 Å². The van der Waals surface area contributed by atoms with E-state index < -0.39 is 35.8 Å². The molecular weight excluding hydrogens is 451 g/mol. The maximum atomic E-state index is 13.1. The number of nitrogens with one attached hydrogen (secondary N) is 1. The van der Waals surface area contributed by atoms with Gasteiger partial charge in [0.05, 0.1) is 25.1 Å². The summed E-state index contributed by atoms with van der Waals surface area (Å²) in [5.41, 5.74) is 7.39. The lowest BCUT2D eigenvalue weighted by molar-refractivity contribution is -0.325. The van der Waals surface area contributed by atoms with Gasteiger partial charge in [-0.25, -0.2) is 15.0 Å². The second kappa shape index (κ2) is 8.52. The maximum Gasteiger partial charge on any atom is 0.522 e. The van der Waals surface area contributed by atoms with E-state index in [1.165, 1.54) is 5.01 Å². The molecule has 1 saturated carbocycles. The Kier molecular flexibility index (Phi) is 6.46. The van der Waals surface area contributed by atoms with E-state index in [2.05, 4.69) is 10.2 Å². The molecule has 32 heavy (non-hydrogen) atoms. The fourth-order valence-corrected chi connectivity index (χ4v) is 4.69. The molecule has 0 spiro atoms. The van der Waals surface area contributed by atoms with Gasteiger partial charge in [0.2, 0.25) is 0 Å². The first-order chi connectivity index (χ1) is 14.7. The second-order valence-corrected chi connectivity index (χ2v) is 9.83. The average Bonchev–Trinajstić information content (AvgIpc) is 3.40. The molecule has 0 unspecified atom stereocenters. The molecule has 2 amide bonds. The number of alkyl halides is 3. The van der Waals surface area contributed by atoms with Crippen molar-refractivity contribution in [3.05, 3.63) is 31.3 Å². The molecule has 2 aromatic rings. The van der Waals surface area contributed by atoms with Gasteiger partial charge in [0.15, 0.2) is 0 Å². The number of hydrogen-bond donors (Lipinski definition) is 2. The fourth-order valence-electron chi connectivity index (χ4n) is 3.39. The van der Waals surface area contributed by atoms with Gasteiger partial charge in [-0.15, -0.1) is 24.5 Å². The molecule has 3 N–H and O–H groups in total. The van der Waals surface area contributed by atoms with E-state index in [1.807, 2.05) is 20.8 Å². The first-order valence-electron chi connectivity index (χ1n) is 10.0. The van der Waals surface area contributed by atoms with Crippen molar-refractivity contribution in [1.82, 2.24) is 19.6 Å². The molecule has 0 atom stereocenters. The Morgan fingerprint density at radius 1 is 1.28 bits per heavy atom. The topological polar surface area (TPSA) is 112 Å². The predicted molar refractivity (Wildman–Crippen MR) is 113 cm³/mol. The second-order valence-electron chi connectivity index (χ2n) is 8.75. The Morgan fingerprint density at radius 2 is 1.91 bits per heavy atom. The summed E-state index contributed by atoms with van der Waals surface area (Å²) >= 11 is 1.07. The van der Waals surface area contributed by atoms with Crippen LogP contribution in [0.3, 0.4) is 0 Å². The number of primary amides is 1. The molecule has 0 bridgehead atoms. The number of carbonyl (C=O) groups excluding carboxylic acids is 1. The maximum absolute atomic E-state index is 13.1. The van der Waals surface area contributed by atoms with Crippen LogP contribution in [0.5, 0.6) is 0 Å². The molecule has 3 rings (SSSR count). The van der Waals surface area contributed by atoms with Gasteiger partial charge in [0, 0.05) is 16.5 Å². The van der Waals surface area contributed by atoms with E-state index in [1.54, 1.807) is 6.92 Å². The number of hydrazine groups is 1. The number of hydrogen-bond acceptors (Lipinski definition) is 6. The lowest BCUT2D eigenvalue weighted by atomic mass is 10.1. The van der Waals surface area contributed by atoms with E-state index in [0.29, 0.717) is 23.3 Å². The van der Waals surface area contributed by atoms with Crippen molar-refractivity contribution in [3.63, 3.8) is 0 Å². The first-order valence-corrected chi connectivity index (χ1v) is 10.8. The standard InChI is InChI=1S/C19H26F3N5O4S/c1-10-12(9-26(16(23)29)24-18(2,3)4)32-15-13(10)14(28)27(11-5-6-11)17(30)25(15)7-8-31-19(20,21)22/h11,24H,5-9H2,1-4H3,(H2,23,29). The summed E-state index contributed by atoms with van der Waals surface area (Å²) in [7, 11) is 0. The highest BCUT2D eigenvalue weighted by molar-refractivity contribution is 7.18. The number of fused-ring (bicyclic) bond motifs is 1. The van der Waals surface area contributed by atoms with Gasteiger partial charge in [-0.1, -0.05) is 0 Å². The summed E-state index contributed by atoms with van der Waals surface area (Å²) in [5.74, 6) is 0. The van der Waals surface area contributed by atoms with Gasteiger partial charge in [-0.05, 0) is 46.1 Å². The lowest BCUT2D eigenvalue weighted by Crippen LogP contribution is -2.53. The number of nitrogens with two attached hydrogens (primary N) is 1. The summed E-state index contributed by atoms with van der Waals surface area (Å²) in [6.45, 7) is 6.08. The molecule has 13 heteroatoms. The van der Waals surface area contributed by atoms with Gasteiger partial charge in [0.25, 0.3) is 5.56 Å². The highest BCUT2D eigenvalue weighted by Crippen LogP contribution is 2.34. The van der Waals surface area contributed by atoms with Crippen molar-refractivity contribution >= 4 is 27.6 Å². The Balaban J connectivity index is 2.09. The number of halogens is 3. The zero-order valence-corrected chi connectivity index (χ0v) is 19.0. The summed E-state index contributed by atoms with van der Waals surface area (Å²) in [5, 5.41) is 1.45. The number of thiophene rings is 1. The summed E-state index contributed by atoms with van der Waals surface area (Å²) < 4.78 is 43.5. The highest BCUT2D eigenvalue weighted by Gasteiger charge is 2.32. The van der Waals surface area contributed by atoms with Crippen LogP contribution in [0.25, 0.3) is 10.2 Å². The largest absolute Gasteiger partial charge is 0.522 e. The summed E-state index contributed by atoms with van der Waals surface area (Å²) in [6, 6.07) is -0.996. The van der Waals surface area contributed by atoms with Crippen LogP contribution in [-0.4, -0.2) is 38.7 Å². The molecule has 2 aromatic heterocycles. The minimum atomic E-state index is -4.83. The molecule has 0 radical (unpaired) electrons. The number of rotatable bonds is 7. The number of urea groups is 1. The van der Waals surface area contributed by atoms with E-state index in [0.717, 1.165) is 20.5 Å². The third-order valence-corrected chi connectivity index (χ3v) is 6.17. The average molecular weight is 478 g/mol. The zero-order valence-electron chi connectivity index (χ0n) is 18.2. The molecule has 1 aliphatic rings. The number of aromatic nitrogens is 2. The summed E-state index contributed by atoms with van der Waals surface area (Å²) in [4.78, 5) is 38.9. The quantitative estimate of drug-likeness (QED) is 0.596. The van der Waals surface area contributed by atoms with Gasteiger partial charge in [0.1, 0.15) is 4.83 Å². The summed E-state index contributed by atoms with van der Waals surface area (Å²) in [6.07, 6.45) is -3.52. The molecule has 0 saturated heterocycles. The van der Waals surface area contributed by atoms with Crippen molar-refractivity contribution < 1.29 is 22.7 Å². The van der Waals surface area contributed by atoms with Crippen LogP contribution in [0.15, 0.2) is 9.59 Å². The molecule has 0 aliphatic heterocycles. The zero-order chi connectivity index (χ0) is 24.0. The third-order valence-electron chi connectivity index (χ3n) is 4.87. The third kappa shape index (κ3) is 5.33. The van der Waals surface area contributed by atoms with Gasteiger partial charge in [-0.2, -0.15) is 0 Å². The first kappa shape index (κ1) is 24.3. The number of ether oxygens (including phenoxy) is 1. The van der Waals surface area contributed by atoms with E-state index >= 15 is 0 Å². The Hall–Kier alpha value is -2.38. The smallest absolute Gasteiger partial charge is 0.350 e. The molecule has 0 aromatic carbocycles. The molecular formula is C19H26F3N5O4S. The van der Waals surface area contributed by atoms with Crippen LogP contribution >= 0.6 is 11.3 Å². The van der Waals surface area contributed by atoms with Crippen LogP contribution in [-0.2, 0) is 17.8 Å². The van der Waals surface area contributed by atoms with Crippen LogP contribution in [0.4, 0.5) is 18.0 Å². The minimum Gasteiger partial charge on any atom is -0.350 e. The fraction of sp³-hybridized carbons (Fsp3) is 0.632. The van der Waals surface area contributed by atoms with Gasteiger partial charge < -0.3 is 5.73 Å². The van der Waals surface area contributed by atoms with Crippen molar-refractivity contribution in [2.75, 3.05) is 6.61 Å². The van der Waals surface area contributed by atoms with Crippen LogP contribution in [0.1, 0.15) is 50.1 Å². The van der Waals surface area contributed by atoms with E-state index in [-0.39, 0.29) is 29.3 Å². The Labute approximate surface area is 185 Å². The number of aryl methyl sites for hydroxylation is 1. The molecule has 1 aliphatic carbocycles. The monoisotopic (exact) mass is 477 g/mol. The van der Waals surface area contributed by atoms with Gasteiger partial charge in [-0.3, -0.25) is 23.7 Å². The van der Waals surface area contributed by atoms with Crippen molar-refractivity contribution in [2.45, 2.75) is 71.6 Å². The van der Waals surface area contributed by atoms with Crippen molar-refractivity contribution in [1.29, 1.82) is 0 Å². The molecule has 2 heterocycles. The van der Waals surface area contributed by atoms with Crippen LogP contribution in [0, 0.1) is 6.92 Å². The highest BCUT2D eigenvalue weighted by atomic mass is 32.1. The molecule has 1 fully saturated rings. The van der Waals surface area contributed by atoms with Crippen molar-refractivity contribution in [3.8, 4) is 0 Å². The van der Waals surface area contributed by atoms with Crippen molar-refractivity contribution in [2.24, 2.45) is 5.73 Å². The predicted octanol–water partition coefficient (Wildman–Crippen LogP) is 2.59. The lowest BCUT2D eigenvalue weighted by Gasteiger charge is -2.30. The molecule has 9 nitrogen and oxygen atoms in total. The molecule has 178 valence electrons. The number of amides is 2. The number of nitrogens with zero attached hydrogens (tertiary/aromatic N) is 3. The normalized spacial score (nSPS) is 14.8. The number of carbonyl (C=O) groups is 1. The SMILES string of the molecule is Cc1c(CN(NC(C)(C)C)C(N)=O)sc2c1c(=O)n(C1CC1)c(=O)n2CCOC(F)(F)F. The van der Waals surface area contributed by atoms with E-state index in [4.69, 9.17) is 5.73 Å². The Bertz CT molecular complexity index is 1140. The minimum absolute atomic E-state index is 0.0217. The Morgan fingerprint density at radius 3 is 2.41 bits per heavy atom.